The monoisotopic (exact) mass is 370 g/mol. The van der Waals surface area contributed by atoms with Gasteiger partial charge in [0.05, 0.1) is 6.26 Å². The highest BCUT2D eigenvalue weighted by molar-refractivity contribution is 5.91. The SMILES string of the molecule is O=C(CCc1ccc2c(c1)OCO2)NC1CCCN(C(=O)c2ccco2)C1. The van der Waals surface area contributed by atoms with Crippen LogP contribution in [0.5, 0.6) is 11.5 Å². The zero-order chi connectivity index (χ0) is 18.6. The van der Waals surface area contributed by atoms with Crippen molar-refractivity contribution in [3.63, 3.8) is 0 Å². The van der Waals surface area contributed by atoms with E-state index in [9.17, 15) is 9.59 Å². The van der Waals surface area contributed by atoms with Crippen LogP contribution in [0.3, 0.4) is 0 Å². The van der Waals surface area contributed by atoms with Crippen molar-refractivity contribution in [3.8, 4) is 11.5 Å². The van der Waals surface area contributed by atoms with E-state index < -0.39 is 0 Å². The van der Waals surface area contributed by atoms with Crippen LogP contribution in [-0.4, -0.2) is 42.6 Å². The molecular formula is C20H22N2O5. The summed E-state index contributed by atoms with van der Waals surface area (Å²) in [5.74, 6) is 1.67. The largest absolute Gasteiger partial charge is 0.459 e. The van der Waals surface area contributed by atoms with Crippen LogP contribution in [-0.2, 0) is 11.2 Å². The zero-order valence-corrected chi connectivity index (χ0v) is 15.0. The van der Waals surface area contributed by atoms with Gasteiger partial charge in [-0.2, -0.15) is 0 Å². The first-order valence-electron chi connectivity index (χ1n) is 9.20. The van der Waals surface area contributed by atoms with Crippen LogP contribution in [0, 0.1) is 0 Å². The number of benzene rings is 1. The first kappa shape index (κ1) is 17.5. The summed E-state index contributed by atoms with van der Waals surface area (Å²) in [6.07, 6.45) is 4.25. The molecule has 0 spiro atoms. The highest BCUT2D eigenvalue weighted by atomic mass is 16.7. The number of piperidine rings is 1. The van der Waals surface area contributed by atoms with E-state index >= 15 is 0 Å². The van der Waals surface area contributed by atoms with Crippen LogP contribution >= 0.6 is 0 Å². The number of fused-ring (bicyclic) bond motifs is 1. The Morgan fingerprint density at radius 3 is 2.93 bits per heavy atom. The number of hydrogen-bond donors (Lipinski definition) is 1. The molecule has 0 radical (unpaired) electrons. The van der Waals surface area contributed by atoms with Crippen LogP contribution < -0.4 is 14.8 Å². The highest BCUT2D eigenvalue weighted by Gasteiger charge is 2.26. The molecule has 0 aliphatic carbocycles. The van der Waals surface area contributed by atoms with Gasteiger partial charge in [-0.1, -0.05) is 6.07 Å². The van der Waals surface area contributed by atoms with Gasteiger partial charge in [0.15, 0.2) is 17.3 Å². The molecule has 2 amide bonds. The molecular weight excluding hydrogens is 348 g/mol. The van der Waals surface area contributed by atoms with Crippen molar-refractivity contribution in [2.24, 2.45) is 0 Å². The molecule has 7 nitrogen and oxygen atoms in total. The number of carbonyl (C=O) groups excluding carboxylic acids is 2. The molecule has 1 saturated heterocycles. The maximum atomic E-state index is 12.4. The van der Waals surface area contributed by atoms with Gasteiger partial charge in [0.1, 0.15) is 0 Å². The summed E-state index contributed by atoms with van der Waals surface area (Å²) in [5.41, 5.74) is 1.03. The lowest BCUT2D eigenvalue weighted by atomic mass is 10.0. The second-order valence-electron chi connectivity index (χ2n) is 6.82. The van der Waals surface area contributed by atoms with Gasteiger partial charge in [0, 0.05) is 25.6 Å². The van der Waals surface area contributed by atoms with E-state index in [1.54, 1.807) is 17.0 Å². The Hall–Kier alpha value is -2.96. The number of aryl methyl sites for hydroxylation is 1. The Morgan fingerprint density at radius 1 is 1.19 bits per heavy atom. The fourth-order valence-electron chi connectivity index (χ4n) is 3.49. The molecule has 0 saturated carbocycles. The normalized spacial score (nSPS) is 18.4. The van der Waals surface area contributed by atoms with E-state index in [1.807, 2.05) is 18.2 Å². The van der Waals surface area contributed by atoms with Gasteiger partial charge >= 0.3 is 0 Å². The Kier molecular flexibility index (Phi) is 5.00. The van der Waals surface area contributed by atoms with Gasteiger partial charge in [0.25, 0.3) is 5.91 Å². The van der Waals surface area contributed by atoms with Crippen LogP contribution in [0.2, 0.25) is 0 Å². The van der Waals surface area contributed by atoms with Crippen molar-refractivity contribution in [1.29, 1.82) is 0 Å². The maximum Gasteiger partial charge on any atom is 0.289 e. The standard InChI is InChI=1S/C20H22N2O5/c23-19(8-6-14-5-7-16-18(11-14)27-13-26-16)21-15-3-1-9-22(12-15)20(24)17-4-2-10-25-17/h2,4-5,7,10-11,15H,1,3,6,8-9,12-13H2,(H,21,23). The molecule has 2 aliphatic heterocycles. The third-order valence-corrected chi connectivity index (χ3v) is 4.88. The first-order chi connectivity index (χ1) is 13.2. The van der Waals surface area contributed by atoms with Crippen molar-refractivity contribution in [1.82, 2.24) is 10.2 Å². The minimum atomic E-state index is -0.126. The topological polar surface area (TPSA) is 81.0 Å². The lowest BCUT2D eigenvalue weighted by Crippen LogP contribution is -2.49. The van der Waals surface area contributed by atoms with E-state index in [-0.39, 0.29) is 24.6 Å². The summed E-state index contributed by atoms with van der Waals surface area (Å²) < 4.78 is 15.8. The fraction of sp³-hybridized carbons (Fsp3) is 0.400. The summed E-state index contributed by atoms with van der Waals surface area (Å²) in [5, 5.41) is 3.05. The minimum absolute atomic E-state index is 0.00929. The van der Waals surface area contributed by atoms with Gasteiger partial charge in [-0.25, -0.2) is 0 Å². The molecule has 1 atom stereocenters. The Labute approximate surface area is 157 Å². The van der Waals surface area contributed by atoms with E-state index in [2.05, 4.69) is 5.32 Å². The maximum absolute atomic E-state index is 12.4. The Bertz CT molecular complexity index is 818. The number of likely N-dealkylation sites (tertiary alicyclic amines) is 1. The van der Waals surface area contributed by atoms with Crippen LogP contribution in [0.15, 0.2) is 41.0 Å². The number of carbonyl (C=O) groups is 2. The molecule has 1 aromatic carbocycles. The van der Waals surface area contributed by atoms with E-state index in [0.29, 0.717) is 31.7 Å². The molecule has 1 unspecified atom stereocenters. The molecule has 1 fully saturated rings. The fourth-order valence-corrected chi connectivity index (χ4v) is 3.49. The number of hydrogen-bond acceptors (Lipinski definition) is 5. The predicted octanol–water partition coefficient (Wildman–Crippen LogP) is 2.36. The summed E-state index contributed by atoms with van der Waals surface area (Å²) in [6, 6.07) is 9.07. The van der Waals surface area contributed by atoms with Crippen molar-refractivity contribution < 1.29 is 23.5 Å². The number of amides is 2. The Balaban J connectivity index is 1.27. The number of ether oxygens (including phenoxy) is 2. The van der Waals surface area contributed by atoms with Crippen molar-refractivity contribution in [2.45, 2.75) is 31.7 Å². The lowest BCUT2D eigenvalue weighted by Gasteiger charge is -2.32. The molecule has 4 rings (SSSR count). The molecule has 2 aromatic rings. The van der Waals surface area contributed by atoms with Crippen LogP contribution in [0.4, 0.5) is 0 Å². The number of nitrogens with one attached hydrogen (secondary N) is 1. The molecule has 7 heteroatoms. The molecule has 0 bridgehead atoms. The van der Waals surface area contributed by atoms with Crippen molar-refractivity contribution in [2.75, 3.05) is 19.9 Å². The predicted molar refractivity (Wildman–Crippen MR) is 96.7 cm³/mol. The Morgan fingerprint density at radius 2 is 2.07 bits per heavy atom. The van der Waals surface area contributed by atoms with Gasteiger partial charge in [-0.3, -0.25) is 9.59 Å². The van der Waals surface area contributed by atoms with Crippen molar-refractivity contribution in [3.05, 3.63) is 47.9 Å². The van der Waals surface area contributed by atoms with Gasteiger partial charge in [-0.05, 0) is 49.1 Å². The number of nitrogens with zero attached hydrogens (tertiary/aromatic N) is 1. The summed E-state index contributed by atoms with van der Waals surface area (Å²) in [7, 11) is 0. The van der Waals surface area contributed by atoms with Crippen LogP contribution in [0.1, 0.15) is 35.4 Å². The second-order valence-corrected chi connectivity index (χ2v) is 6.82. The lowest BCUT2D eigenvalue weighted by molar-refractivity contribution is -0.122. The summed E-state index contributed by atoms with van der Waals surface area (Å²) in [6.45, 7) is 1.44. The smallest absolute Gasteiger partial charge is 0.289 e. The quantitative estimate of drug-likeness (QED) is 0.874. The van der Waals surface area contributed by atoms with E-state index in [4.69, 9.17) is 13.9 Å². The summed E-state index contributed by atoms with van der Waals surface area (Å²) >= 11 is 0. The second kappa shape index (κ2) is 7.73. The molecule has 1 aromatic heterocycles. The van der Waals surface area contributed by atoms with Gasteiger partial charge in [-0.15, -0.1) is 0 Å². The average Bonchev–Trinajstić information content (AvgIpc) is 3.37. The number of rotatable bonds is 5. The third kappa shape index (κ3) is 4.07. The minimum Gasteiger partial charge on any atom is -0.459 e. The molecule has 142 valence electrons. The van der Waals surface area contributed by atoms with E-state index in [0.717, 1.165) is 29.9 Å². The zero-order valence-electron chi connectivity index (χ0n) is 15.0. The summed E-state index contributed by atoms with van der Waals surface area (Å²) in [4.78, 5) is 26.5. The molecule has 27 heavy (non-hydrogen) atoms. The number of furan rings is 1. The van der Waals surface area contributed by atoms with Gasteiger partial charge < -0.3 is 24.1 Å². The van der Waals surface area contributed by atoms with Crippen molar-refractivity contribution >= 4 is 11.8 Å². The van der Waals surface area contributed by atoms with Crippen LogP contribution in [0.25, 0.3) is 0 Å². The highest BCUT2D eigenvalue weighted by Crippen LogP contribution is 2.32. The first-order valence-corrected chi connectivity index (χ1v) is 9.20. The van der Waals surface area contributed by atoms with Gasteiger partial charge in [0.2, 0.25) is 12.7 Å². The third-order valence-electron chi connectivity index (χ3n) is 4.88. The molecule has 3 heterocycles. The van der Waals surface area contributed by atoms with E-state index in [1.165, 1.54) is 6.26 Å². The molecule has 2 aliphatic rings. The molecule has 1 N–H and O–H groups in total. The average molecular weight is 370 g/mol.